The van der Waals surface area contributed by atoms with Gasteiger partial charge in [0.25, 0.3) is 0 Å². The molecule has 2 aromatic carbocycles. The summed E-state index contributed by atoms with van der Waals surface area (Å²) in [5.74, 6) is -1.06. The van der Waals surface area contributed by atoms with Gasteiger partial charge in [-0.15, -0.1) is 0 Å². The molecule has 1 N–H and O–H groups in total. The van der Waals surface area contributed by atoms with Gasteiger partial charge < -0.3 is 9.84 Å². The summed E-state index contributed by atoms with van der Waals surface area (Å²) in [6, 6.07) is 10.6. The molecule has 0 amide bonds. The highest BCUT2D eigenvalue weighted by Crippen LogP contribution is 2.25. The molecule has 0 fully saturated rings. The molecule has 0 heterocycles. The molecule has 0 saturated heterocycles. The molecule has 0 aromatic heterocycles. The number of carboxylic acids is 1. The molecule has 0 saturated carbocycles. The number of ketones is 1. The van der Waals surface area contributed by atoms with Crippen molar-refractivity contribution in [2.75, 3.05) is 7.11 Å². The topological polar surface area (TPSA) is 63.6 Å². The summed E-state index contributed by atoms with van der Waals surface area (Å²) in [6.45, 7) is 0. The third-order valence-corrected chi connectivity index (χ3v) is 3.14. The van der Waals surface area contributed by atoms with Gasteiger partial charge in [-0.3, -0.25) is 4.79 Å². The third kappa shape index (κ3) is 2.65. The first-order valence-corrected chi connectivity index (χ1v) is 6.13. The van der Waals surface area contributed by atoms with Crippen molar-refractivity contribution >= 4 is 23.4 Å². The highest BCUT2D eigenvalue weighted by atomic mass is 35.5. The lowest BCUT2D eigenvalue weighted by atomic mass is 9.98. The molecule has 0 atom stereocenters. The maximum Gasteiger partial charge on any atom is 0.336 e. The Labute approximate surface area is 120 Å². The Bertz CT molecular complexity index is 679. The molecular weight excluding hydrogens is 280 g/mol. The van der Waals surface area contributed by atoms with Crippen molar-refractivity contribution in [2.45, 2.75) is 0 Å². The van der Waals surface area contributed by atoms with Gasteiger partial charge in [0.2, 0.25) is 0 Å². The molecule has 0 unspecified atom stereocenters. The van der Waals surface area contributed by atoms with Gasteiger partial charge in [0.1, 0.15) is 5.75 Å². The van der Waals surface area contributed by atoms with Crippen molar-refractivity contribution in [3.63, 3.8) is 0 Å². The van der Waals surface area contributed by atoms with Crippen LogP contribution >= 0.6 is 11.6 Å². The lowest BCUT2D eigenvalue weighted by molar-refractivity contribution is 0.0693. The van der Waals surface area contributed by atoms with E-state index in [1.165, 1.54) is 31.4 Å². The number of rotatable bonds is 4. The van der Waals surface area contributed by atoms with E-state index in [0.717, 1.165) is 0 Å². The number of carbonyl (C=O) groups excluding carboxylic acids is 1. The van der Waals surface area contributed by atoms with Gasteiger partial charge in [0, 0.05) is 11.1 Å². The molecule has 0 radical (unpaired) electrons. The summed E-state index contributed by atoms with van der Waals surface area (Å²) in [6.07, 6.45) is 0. The smallest absolute Gasteiger partial charge is 0.336 e. The van der Waals surface area contributed by atoms with Crippen molar-refractivity contribution in [3.8, 4) is 5.75 Å². The fraction of sp³-hybridized carbons (Fsp3) is 0.0667. The normalized spacial score (nSPS) is 10.1. The zero-order valence-electron chi connectivity index (χ0n) is 10.6. The SMILES string of the molecule is COc1ccc(C(=O)c2ccccc2C(=O)O)c(Cl)c1. The van der Waals surface area contributed by atoms with Crippen molar-refractivity contribution in [3.05, 3.63) is 64.2 Å². The van der Waals surface area contributed by atoms with Gasteiger partial charge in [0.15, 0.2) is 5.78 Å². The molecule has 0 spiro atoms. The van der Waals surface area contributed by atoms with Gasteiger partial charge in [-0.05, 0) is 24.3 Å². The second-order valence-corrected chi connectivity index (χ2v) is 4.43. The lowest BCUT2D eigenvalue weighted by Crippen LogP contribution is -2.10. The maximum atomic E-state index is 12.4. The van der Waals surface area contributed by atoms with Crippen LogP contribution in [0.1, 0.15) is 26.3 Å². The van der Waals surface area contributed by atoms with Gasteiger partial charge >= 0.3 is 5.97 Å². The number of halogens is 1. The van der Waals surface area contributed by atoms with Crippen LogP contribution in [-0.4, -0.2) is 24.0 Å². The fourth-order valence-corrected chi connectivity index (χ4v) is 2.08. The summed E-state index contributed by atoms with van der Waals surface area (Å²) >= 11 is 6.04. The summed E-state index contributed by atoms with van der Waals surface area (Å²) in [4.78, 5) is 23.5. The molecule has 102 valence electrons. The predicted octanol–water partition coefficient (Wildman–Crippen LogP) is 3.28. The standard InChI is InChI=1S/C15H11ClO4/c1-20-9-6-7-12(13(16)8-9)14(17)10-4-2-3-5-11(10)15(18)19/h2-8H,1H3,(H,18,19). The van der Waals surface area contributed by atoms with Crippen LogP contribution in [0.5, 0.6) is 5.75 Å². The van der Waals surface area contributed by atoms with Crippen LogP contribution in [0.3, 0.4) is 0 Å². The highest BCUT2D eigenvalue weighted by molar-refractivity contribution is 6.35. The Hall–Kier alpha value is -2.33. The van der Waals surface area contributed by atoms with Gasteiger partial charge in [-0.2, -0.15) is 0 Å². The van der Waals surface area contributed by atoms with E-state index in [-0.39, 0.29) is 21.7 Å². The van der Waals surface area contributed by atoms with Gasteiger partial charge in [-0.25, -0.2) is 4.79 Å². The number of hydrogen-bond acceptors (Lipinski definition) is 3. The van der Waals surface area contributed by atoms with Crippen LogP contribution in [-0.2, 0) is 0 Å². The maximum absolute atomic E-state index is 12.4. The molecule has 2 rings (SSSR count). The van der Waals surface area contributed by atoms with E-state index in [1.54, 1.807) is 18.2 Å². The van der Waals surface area contributed by atoms with Crippen molar-refractivity contribution in [1.29, 1.82) is 0 Å². The van der Waals surface area contributed by atoms with Crippen LogP contribution in [0.4, 0.5) is 0 Å². The minimum Gasteiger partial charge on any atom is -0.497 e. The molecule has 0 bridgehead atoms. The average Bonchev–Trinajstić information content (AvgIpc) is 2.46. The monoisotopic (exact) mass is 290 g/mol. The quantitative estimate of drug-likeness (QED) is 0.878. The first-order chi connectivity index (χ1) is 9.54. The van der Waals surface area contributed by atoms with E-state index in [0.29, 0.717) is 5.75 Å². The minimum atomic E-state index is -1.15. The number of ether oxygens (including phenoxy) is 1. The van der Waals surface area contributed by atoms with Crippen LogP contribution < -0.4 is 4.74 Å². The van der Waals surface area contributed by atoms with Crippen LogP contribution in [0.25, 0.3) is 0 Å². The van der Waals surface area contributed by atoms with Gasteiger partial charge in [-0.1, -0.05) is 29.8 Å². The minimum absolute atomic E-state index is 0.0515. The molecule has 0 aliphatic rings. The number of hydrogen-bond donors (Lipinski definition) is 1. The molecule has 0 aliphatic carbocycles. The Morgan fingerprint density at radius 3 is 2.25 bits per heavy atom. The number of aromatic carboxylic acids is 1. The largest absolute Gasteiger partial charge is 0.497 e. The first kappa shape index (κ1) is 14.1. The number of carboxylic acid groups (broad SMARTS) is 1. The molecule has 2 aromatic rings. The molecule has 4 nitrogen and oxygen atoms in total. The summed E-state index contributed by atoms with van der Waals surface area (Å²) < 4.78 is 5.01. The van der Waals surface area contributed by atoms with E-state index in [9.17, 15) is 9.59 Å². The Morgan fingerprint density at radius 2 is 1.70 bits per heavy atom. The first-order valence-electron chi connectivity index (χ1n) is 5.75. The van der Waals surface area contributed by atoms with Crippen molar-refractivity contribution in [2.24, 2.45) is 0 Å². The van der Waals surface area contributed by atoms with E-state index in [4.69, 9.17) is 21.4 Å². The fourth-order valence-electron chi connectivity index (χ4n) is 1.82. The number of benzene rings is 2. The van der Waals surface area contributed by atoms with Crippen molar-refractivity contribution < 1.29 is 19.4 Å². The zero-order chi connectivity index (χ0) is 14.7. The van der Waals surface area contributed by atoms with Crippen molar-refractivity contribution in [1.82, 2.24) is 0 Å². The third-order valence-electron chi connectivity index (χ3n) is 2.82. The molecule has 0 aliphatic heterocycles. The number of methoxy groups -OCH3 is 1. The van der Waals surface area contributed by atoms with E-state index < -0.39 is 11.8 Å². The van der Waals surface area contributed by atoms with E-state index in [2.05, 4.69) is 0 Å². The molecular formula is C15H11ClO4. The van der Waals surface area contributed by atoms with Crippen LogP contribution in [0, 0.1) is 0 Å². The molecule has 5 heteroatoms. The zero-order valence-corrected chi connectivity index (χ0v) is 11.3. The van der Waals surface area contributed by atoms with Crippen LogP contribution in [0.2, 0.25) is 5.02 Å². The average molecular weight is 291 g/mol. The van der Waals surface area contributed by atoms with Crippen LogP contribution in [0.15, 0.2) is 42.5 Å². The predicted molar refractivity (Wildman–Crippen MR) is 74.8 cm³/mol. The second kappa shape index (κ2) is 5.75. The number of carbonyl (C=O) groups is 2. The van der Waals surface area contributed by atoms with E-state index >= 15 is 0 Å². The lowest BCUT2D eigenvalue weighted by Gasteiger charge is -2.08. The molecule has 20 heavy (non-hydrogen) atoms. The summed E-state index contributed by atoms with van der Waals surface area (Å²) in [7, 11) is 1.49. The highest BCUT2D eigenvalue weighted by Gasteiger charge is 2.19. The van der Waals surface area contributed by atoms with Gasteiger partial charge in [0.05, 0.1) is 17.7 Å². The Morgan fingerprint density at radius 1 is 1.05 bits per heavy atom. The van der Waals surface area contributed by atoms with E-state index in [1.807, 2.05) is 0 Å². The second-order valence-electron chi connectivity index (χ2n) is 4.03. The Kier molecular flexibility index (Phi) is 4.05. The Balaban J connectivity index is 2.49. The summed E-state index contributed by atoms with van der Waals surface area (Å²) in [5, 5.41) is 9.32. The summed E-state index contributed by atoms with van der Waals surface area (Å²) in [5.41, 5.74) is 0.289.